The molecule has 4 heteroatoms. The first kappa shape index (κ1) is 27.8. The number of unbranched alkanes of at least 4 members (excludes halogenated alkanes) is 13. The van der Waals surface area contributed by atoms with Gasteiger partial charge in [-0.2, -0.15) is 0 Å². The standard InChI is InChI=1S/C27H48NO3/c1-3-4-5-6-7-8-9-10-11-12-13-14-15-19-22-31-26(29)23-28-24(2)27(30)25-20-17-16-18-21-25/h23-25H,2-22H2,1H3/t24-/m0/s1. The Balaban J connectivity index is 1.89. The number of hydrogen-bond donors (Lipinski definition) is 0. The van der Waals surface area contributed by atoms with Crippen molar-refractivity contribution in [2.45, 2.75) is 135 Å². The lowest BCUT2D eigenvalue weighted by Crippen LogP contribution is -2.27. The van der Waals surface area contributed by atoms with Crippen molar-refractivity contribution >= 4 is 18.0 Å². The lowest BCUT2D eigenvalue weighted by Gasteiger charge is -2.21. The molecule has 0 amide bonds. The number of rotatable bonds is 19. The van der Waals surface area contributed by atoms with Crippen LogP contribution in [0, 0.1) is 12.8 Å². The molecule has 1 rings (SSSR count). The highest BCUT2D eigenvalue weighted by atomic mass is 16.5. The molecule has 0 aromatic rings. The minimum atomic E-state index is -0.684. The van der Waals surface area contributed by atoms with Gasteiger partial charge in [-0.3, -0.25) is 9.79 Å². The number of nitrogens with zero attached hydrogens (tertiary/aromatic N) is 1. The number of aliphatic imine (C=N–C) groups is 1. The highest BCUT2D eigenvalue weighted by molar-refractivity contribution is 6.23. The van der Waals surface area contributed by atoms with E-state index in [4.69, 9.17) is 4.74 Å². The first-order chi connectivity index (χ1) is 15.1. The van der Waals surface area contributed by atoms with Crippen molar-refractivity contribution in [3.05, 3.63) is 6.92 Å². The van der Waals surface area contributed by atoms with Crippen molar-refractivity contribution < 1.29 is 14.3 Å². The summed E-state index contributed by atoms with van der Waals surface area (Å²) in [4.78, 5) is 28.1. The Hall–Kier alpha value is -1.19. The summed E-state index contributed by atoms with van der Waals surface area (Å²) in [6.45, 7) is 6.51. The molecule has 0 N–H and O–H groups in total. The summed E-state index contributed by atoms with van der Waals surface area (Å²) in [6, 6.07) is -0.684. The Labute approximate surface area is 192 Å². The van der Waals surface area contributed by atoms with Crippen molar-refractivity contribution in [2.24, 2.45) is 10.9 Å². The molecule has 1 atom stereocenters. The van der Waals surface area contributed by atoms with Gasteiger partial charge in [0, 0.05) is 5.92 Å². The van der Waals surface area contributed by atoms with Gasteiger partial charge < -0.3 is 4.74 Å². The van der Waals surface area contributed by atoms with Gasteiger partial charge in [0.15, 0.2) is 5.78 Å². The molecule has 0 aliphatic heterocycles. The fourth-order valence-corrected chi connectivity index (χ4v) is 4.39. The van der Waals surface area contributed by atoms with E-state index in [1.807, 2.05) is 0 Å². The van der Waals surface area contributed by atoms with E-state index in [1.54, 1.807) is 0 Å². The van der Waals surface area contributed by atoms with E-state index in [-0.39, 0.29) is 11.7 Å². The van der Waals surface area contributed by atoms with Crippen LogP contribution in [-0.4, -0.2) is 30.6 Å². The molecule has 0 aromatic heterocycles. The second kappa shape index (κ2) is 19.5. The number of ether oxygens (including phenoxy) is 1. The summed E-state index contributed by atoms with van der Waals surface area (Å²) in [7, 11) is 0. The van der Waals surface area contributed by atoms with E-state index in [0.717, 1.165) is 44.7 Å². The minimum absolute atomic E-state index is 0.0655. The molecular formula is C27H48NO3. The van der Waals surface area contributed by atoms with Crippen molar-refractivity contribution in [2.75, 3.05) is 6.61 Å². The second-order valence-corrected chi connectivity index (χ2v) is 9.29. The van der Waals surface area contributed by atoms with Gasteiger partial charge in [0.1, 0.15) is 12.3 Å². The van der Waals surface area contributed by atoms with Gasteiger partial charge in [0.05, 0.1) is 6.61 Å². The predicted molar refractivity (Wildman–Crippen MR) is 130 cm³/mol. The fourth-order valence-electron chi connectivity index (χ4n) is 4.39. The van der Waals surface area contributed by atoms with E-state index >= 15 is 0 Å². The number of Topliss-reactive ketones (excluding diaryl/α,β-unsaturated/α-hetero) is 1. The summed E-state index contributed by atoms with van der Waals surface area (Å²) in [5.74, 6) is -0.324. The molecule has 0 aromatic carbocycles. The van der Waals surface area contributed by atoms with Crippen LogP contribution in [0.1, 0.15) is 129 Å². The van der Waals surface area contributed by atoms with Gasteiger partial charge in [-0.25, -0.2) is 4.79 Å². The molecule has 0 spiro atoms. The maximum Gasteiger partial charge on any atom is 0.348 e. The largest absolute Gasteiger partial charge is 0.461 e. The summed E-state index contributed by atoms with van der Waals surface area (Å²) in [5.41, 5.74) is 0. The molecule has 1 saturated carbocycles. The monoisotopic (exact) mass is 434 g/mol. The number of hydrogen-bond acceptors (Lipinski definition) is 4. The summed E-state index contributed by atoms with van der Waals surface area (Å²) < 4.78 is 5.20. The third-order valence-corrected chi connectivity index (χ3v) is 6.44. The molecule has 179 valence electrons. The molecule has 0 heterocycles. The average Bonchev–Trinajstić information content (AvgIpc) is 2.80. The predicted octanol–water partition coefficient (Wildman–Crippen LogP) is 7.43. The summed E-state index contributed by atoms with van der Waals surface area (Å²) in [6.07, 6.45) is 24.7. The number of ketones is 1. The molecule has 1 aliphatic rings. The zero-order valence-electron chi connectivity index (χ0n) is 20.3. The fraction of sp³-hybridized carbons (Fsp3) is 0.852. The maximum absolute atomic E-state index is 12.3. The smallest absolute Gasteiger partial charge is 0.348 e. The van der Waals surface area contributed by atoms with Crippen LogP contribution in [0.4, 0.5) is 0 Å². The van der Waals surface area contributed by atoms with Gasteiger partial charge in [-0.05, 0) is 26.2 Å². The molecule has 4 nitrogen and oxygen atoms in total. The van der Waals surface area contributed by atoms with Gasteiger partial charge in [0.2, 0.25) is 0 Å². The van der Waals surface area contributed by atoms with E-state index < -0.39 is 12.0 Å². The van der Waals surface area contributed by atoms with Crippen molar-refractivity contribution in [3.8, 4) is 0 Å². The van der Waals surface area contributed by atoms with Gasteiger partial charge in [-0.1, -0.05) is 110 Å². The van der Waals surface area contributed by atoms with Crippen LogP contribution in [0.5, 0.6) is 0 Å². The van der Waals surface area contributed by atoms with Crippen LogP contribution >= 0.6 is 0 Å². The third-order valence-electron chi connectivity index (χ3n) is 6.44. The maximum atomic E-state index is 12.3. The lowest BCUT2D eigenvalue weighted by atomic mass is 9.84. The first-order valence-corrected chi connectivity index (χ1v) is 13.2. The van der Waals surface area contributed by atoms with Gasteiger partial charge in [0.25, 0.3) is 0 Å². The Bertz CT molecular complexity index is 483. The third kappa shape index (κ3) is 15.3. The van der Waals surface area contributed by atoms with Crippen molar-refractivity contribution in [1.82, 2.24) is 0 Å². The minimum Gasteiger partial charge on any atom is -0.461 e. The first-order valence-electron chi connectivity index (χ1n) is 13.2. The molecule has 1 radical (unpaired) electrons. The van der Waals surface area contributed by atoms with Crippen LogP contribution in [0.3, 0.4) is 0 Å². The van der Waals surface area contributed by atoms with E-state index in [0.29, 0.717) is 6.61 Å². The zero-order chi connectivity index (χ0) is 22.6. The number of carbonyl (C=O) groups is 2. The summed E-state index contributed by atoms with van der Waals surface area (Å²) in [5, 5.41) is 0. The van der Waals surface area contributed by atoms with Gasteiger partial charge in [-0.15, -0.1) is 0 Å². The number of carbonyl (C=O) groups excluding carboxylic acids is 2. The molecule has 1 fully saturated rings. The zero-order valence-corrected chi connectivity index (χ0v) is 20.3. The topological polar surface area (TPSA) is 55.7 Å². The molecular weight excluding hydrogens is 386 g/mol. The molecule has 0 bridgehead atoms. The Morgan fingerprint density at radius 2 is 1.32 bits per heavy atom. The van der Waals surface area contributed by atoms with Crippen LogP contribution in [0.2, 0.25) is 0 Å². The highest BCUT2D eigenvalue weighted by Gasteiger charge is 2.25. The normalized spacial score (nSPS) is 15.9. The second-order valence-electron chi connectivity index (χ2n) is 9.29. The molecule has 0 saturated heterocycles. The van der Waals surface area contributed by atoms with E-state index in [9.17, 15) is 9.59 Å². The number of esters is 1. The van der Waals surface area contributed by atoms with Crippen LogP contribution < -0.4 is 0 Å². The lowest BCUT2D eigenvalue weighted by molar-refractivity contribution is -0.135. The molecule has 31 heavy (non-hydrogen) atoms. The Morgan fingerprint density at radius 3 is 1.84 bits per heavy atom. The van der Waals surface area contributed by atoms with E-state index in [2.05, 4.69) is 18.8 Å². The van der Waals surface area contributed by atoms with Crippen LogP contribution in [0.15, 0.2) is 4.99 Å². The van der Waals surface area contributed by atoms with Crippen molar-refractivity contribution in [3.63, 3.8) is 0 Å². The summed E-state index contributed by atoms with van der Waals surface area (Å²) >= 11 is 0. The Kier molecular flexibility index (Phi) is 17.5. The van der Waals surface area contributed by atoms with E-state index in [1.165, 1.54) is 83.5 Å². The molecule has 1 aliphatic carbocycles. The quantitative estimate of drug-likeness (QED) is 0.121. The van der Waals surface area contributed by atoms with Crippen LogP contribution in [-0.2, 0) is 14.3 Å². The SMILES string of the molecule is [CH2][C@H](N=CC(=O)OCCCCCCCCCCCCCCCC)C(=O)C1CCCCC1. The average molecular weight is 435 g/mol. The highest BCUT2D eigenvalue weighted by Crippen LogP contribution is 2.25. The molecule has 0 unspecified atom stereocenters. The Morgan fingerprint density at radius 1 is 0.839 bits per heavy atom. The van der Waals surface area contributed by atoms with Crippen LogP contribution in [0.25, 0.3) is 0 Å². The van der Waals surface area contributed by atoms with Crippen molar-refractivity contribution in [1.29, 1.82) is 0 Å². The van der Waals surface area contributed by atoms with Gasteiger partial charge >= 0.3 is 5.97 Å².